The fourth-order valence-electron chi connectivity index (χ4n) is 2.45. The molecular weight excluding hydrogens is 656 g/mol. The Bertz CT molecular complexity index is 1020. The second-order valence-corrected chi connectivity index (χ2v) is 8.25. The Hall–Kier alpha value is -4.64. The van der Waals surface area contributed by atoms with Crippen molar-refractivity contribution >= 4 is 86.5 Å². The number of carboxylic acid groups (broad SMARTS) is 7. The Kier molecular flexibility index (Phi) is 29.9. The van der Waals surface area contributed by atoms with E-state index >= 15 is 0 Å². The Morgan fingerprint density at radius 3 is 1.18 bits per heavy atom. The third-order valence-corrected chi connectivity index (χ3v) is 4.37. The molecule has 0 aromatic carbocycles. The van der Waals surface area contributed by atoms with Gasteiger partial charge in [-0.1, -0.05) is 0 Å². The van der Waals surface area contributed by atoms with Crippen molar-refractivity contribution in [3.05, 3.63) is 0 Å². The molecule has 0 saturated heterocycles. The average Bonchev–Trinajstić information content (AvgIpc) is 2.83. The molecule has 23 heteroatoms. The van der Waals surface area contributed by atoms with E-state index in [0.29, 0.717) is 0 Å². The fraction of sp³-hybridized carbons (Fsp3) is 0.545. The molecule has 0 heterocycles. The van der Waals surface area contributed by atoms with Gasteiger partial charge in [-0.25, -0.2) is 9.59 Å². The van der Waals surface area contributed by atoms with Gasteiger partial charge in [0.2, 0.25) is 17.7 Å². The van der Waals surface area contributed by atoms with Crippen molar-refractivity contribution < 1.29 is 83.7 Å². The van der Waals surface area contributed by atoms with Gasteiger partial charge in [-0.05, 0) is 12.8 Å². The summed E-state index contributed by atoms with van der Waals surface area (Å²) in [7, 11) is 0. The second-order valence-electron chi connectivity index (χ2n) is 8.25. The summed E-state index contributed by atoms with van der Waals surface area (Å²) in [6.45, 7) is 2.19. The average molecular weight is 695 g/mol. The maximum atomic E-state index is 11.8. The summed E-state index contributed by atoms with van der Waals surface area (Å²) in [6.07, 6.45) is -2.42. The van der Waals surface area contributed by atoms with Crippen LogP contribution in [0.15, 0.2) is 0 Å². The van der Waals surface area contributed by atoms with Gasteiger partial charge in [0.1, 0.15) is 24.2 Å². The third-order valence-electron chi connectivity index (χ3n) is 4.37. The highest BCUT2D eigenvalue weighted by molar-refractivity contribution is 7.59. The molecule has 12 N–H and O–H groups in total. The molecule has 0 aliphatic heterocycles. The predicted molar refractivity (Wildman–Crippen MR) is 157 cm³/mol. The maximum absolute atomic E-state index is 11.8. The van der Waals surface area contributed by atoms with Crippen molar-refractivity contribution in [2.24, 2.45) is 5.73 Å². The first kappa shape index (κ1) is 50.0. The molecule has 0 spiro atoms. The lowest BCUT2D eigenvalue weighted by Crippen LogP contribution is -2.52. The molecule has 0 saturated carbocycles. The lowest BCUT2D eigenvalue weighted by atomic mass is 10.1. The molecule has 0 fully saturated rings. The van der Waals surface area contributed by atoms with Crippen molar-refractivity contribution in [3.63, 3.8) is 0 Å². The number of carboxylic acids is 7. The van der Waals surface area contributed by atoms with Crippen LogP contribution in [-0.4, -0.2) is 119 Å². The zero-order valence-corrected chi connectivity index (χ0v) is 25.8. The largest absolute Gasteiger partial charge is 0.481 e. The lowest BCUT2D eigenvalue weighted by Gasteiger charge is -2.19. The number of hydrogen-bond acceptors (Lipinski definition) is 11. The van der Waals surface area contributed by atoms with Gasteiger partial charge >= 0.3 is 41.8 Å². The Morgan fingerprint density at radius 1 is 0.511 bits per heavy atom. The molecule has 0 aromatic heterocycles. The van der Waals surface area contributed by atoms with Gasteiger partial charge in [0.05, 0.1) is 12.8 Å². The van der Waals surface area contributed by atoms with E-state index in [0.717, 1.165) is 13.8 Å². The van der Waals surface area contributed by atoms with Gasteiger partial charge in [0.15, 0.2) is 0 Å². The van der Waals surface area contributed by atoms with Crippen molar-refractivity contribution in [2.45, 2.75) is 76.5 Å². The molecular formula is C22H38N4O17S2. The molecule has 0 radical (unpaired) electrons. The standard InChI is InChI=1S/C11H16N2O8.C6H9NO5.C5H9NO4.2H2S/c1-5(14)12-7(4-9(17)18)10(19)13-6(11(20)21)2-3-8(15)16;1-3(8)7-4(6(11)12)2-5(9)10;6-3(5(9)10)1-2-4(7)8;;/h6-7H,2-4H2,1H3,(H,12,14)(H,13,19)(H,15,16)(H,17,18)(H,20,21);4H,2H2,1H3,(H,7,8)(H,9,10)(H,11,12);3H,1-2,6H2,(H,7,8)(H,9,10);2*1H2/t6-,7-;4-;3-;;/m000../s1. The smallest absolute Gasteiger partial charge is 0.326 e. The molecule has 3 amide bonds. The number of amides is 3. The SMILES string of the molecule is CC(=O)N[C@@H](CC(=O)O)C(=O)N[C@@H](CCC(=O)O)C(=O)O.CC(=O)N[C@@H](CC(=O)O)C(=O)O.N[C@@H](CCC(=O)O)C(=O)O.S.S. The van der Waals surface area contributed by atoms with Crippen molar-refractivity contribution in [2.75, 3.05) is 0 Å². The first-order valence-corrected chi connectivity index (χ1v) is 11.8. The van der Waals surface area contributed by atoms with Crippen LogP contribution in [0.5, 0.6) is 0 Å². The first-order valence-electron chi connectivity index (χ1n) is 11.8. The van der Waals surface area contributed by atoms with Crippen LogP contribution in [0.3, 0.4) is 0 Å². The van der Waals surface area contributed by atoms with Crippen LogP contribution in [0.25, 0.3) is 0 Å². The quantitative estimate of drug-likeness (QED) is 0.0719. The van der Waals surface area contributed by atoms with Crippen LogP contribution in [0, 0.1) is 0 Å². The monoisotopic (exact) mass is 694 g/mol. The minimum absolute atomic E-state index is 0. The molecule has 0 unspecified atom stereocenters. The molecule has 0 aromatic rings. The summed E-state index contributed by atoms with van der Waals surface area (Å²) in [4.78, 5) is 105. The molecule has 0 rings (SSSR count). The van der Waals surface area contributed by atoms with Crippen molar-refractivity contribution in [3.8, 4) is 0 Å². The van der Waals surface area contributed by atoms with Gasteiger partial charge in [0, 0.05) is 26.7 Å². The van der Waals surface area contributed by atoms with Crippen LogP contribution in [0.2, 0.25) is 0 Å². The summed E-state index contributed by atoms with van der Waals surface area (Å²) in [6, 6.07) is -5.33. The first-order chi connectivity index (χ1) is 19.6. The van der Waals surface area contributed by atoms with E-state index in [1.807, 2.05) is 10.6 Å². The highest BCUT2D eigenvalue weighted by atomic mass is 32.1. The molecule has 0 aliphatic rings. The van der Waals surface area contributed by atoms with E-state index in [4.69, 9.17) is 41.5 Å². The number of hydrogen-bond donors (Lipinski definition) is 11. The zero-order valence-electron chi connectivity index (χ0n) is 23.8. The molecule has 4 atom stereocenters. The number of nitrogens with two attached hydrogens (primary N) is 1. The van der Waals surface area contributed by atoms with E-state index in [2.05, 4.69) is 5.32 Å². The predicted octanol–water partition coefficient (Wildman–Crippen LogP) is -3.06. The summed E-state index contributed by atoms with van der Waals surface area (Å²) >= 11 is 0. The summed E-state index contributed by atoms with van der Waals surface area (Å²) in [5, 5.41) is 65.0. The molecule has 21 nitrogen and oxygen atoms in total. The third kappa shape index (κ3) is 32.1. The van der Waals surface area contributed by atoms with E-state index in [-0.39, 0.29) is 46.3 Å². The topological polar surface area (TPSA) is 374 Å². The zero-order chi connectivity index (χ0) is 34.4. The minimum Gasteiger partial charge on any atom is -0.481 e. The van der Waals surface area contributed by atoms with Crippen LogP contribution in [-0.2, 0) is 47.9 Å². The van der Waals surface area contributed by atoms with Crippen LogP contribution in [0.1, 0.15) is 52.4 Å². The highest BCUT2D eigenvalue weighted by Gasteiger charge is 2.28. The Morgan fingerprint density at radius 2 is 0.867 bits per heavy atom. The van der Waals surface area contributed by atoms with Gasteiger partial charge in [-0.3, -0.25) is 38.4 Å². The van der Waals surface area contributed by atoms with E-state index < -0.39 is 103 Å². The maximum Gasteiger partial charge on any atom is 0.326 e. The van der Waals surface area contributed by atoms with E-state index in [1.54, 1.807) is 0 Å². The number of aliphatic carboxylic acids is 7. The second kappa shape index (κ2) is 26.9. The summed E-state index contributed by atoms with van der Waals surface area (Å²) in [5.74, 6) is -11.1. The van der Waals surface area contributed by atoms with Crippen LogP contribution < -0.4 is 21.7 Å². The van der Waals surface area contributed by atoms with E-state index in [9.17, 15) is 47.9 Å². The van der Waals surface area contributed by atoms with Gasteiger partial charge in [-0.15, -0.1) is 0 Å². The highest BCUT2D eigenvalue weighted by Crippen LogP contribution is 2.01. The Balaban J connectivity index is -0.000000190. The van der Waals surface area contributed by atoms with Gasteiger partial charge < -0.3 is 57.4 Å². The molecule has 45 heavy (non-hydrogen) atoms. The lowest BCUT2D eigenvalue weighted by molar-refractivity contribution is -0.147. The van der Waals surface area contributed by atoms with Crippen LogP contribution >= 0.6 is 27.0 Å². The minimum atomic E-state index is -1.49. The molecule has 260 valence electrons. The van der Waals surface area contributed by atoms with Gasteiger partial charge in [0.25, 0.3) is 0 Å². The fourth-order valence-corrected chi connectivity index (χ4v) is 2.45. The number of rotatable bonds is 17. The number of carbonyl (C=O) groups is 10. The summed E-state index contributed by atoms with van der Waals surface area (Å²) < 4.78 is 0. The van der Waals surface area contributed by atoms with E-state index in [1.165, 1.54) is 0 Å². The van der Waals surface area contributed by atoms with Crippen molar-refractivity contribution in [1.29, 1.82) is 0 Å². The number of carbonyl (C=O) groups excluding carboxylic acids is 3. The summed E-state index contributed by atoms with van der Waals surface area (Å²) in [5.41, 5.74) is 5.00. The van der Waals surface area contributed by atoms with Crippen molar-refractivity contribution in [1.82, 2.24) is 16.0 Å². The number of nitrogens with one attached hydrogen (secondary N) is 3. The Labute approximate surface area is 268 Å². The van der Waals surface area contributed by atoms with Crippen LogP contribution in [0.4, 0.5) is 0 Å². The molecule has 0 aliphatic carbocycles. The normalized spacial score (nSPS) is 11.9. The van der Waals surface area contributed by atoms with Gasteiger partial charge in [-0.2, -0.15) is 27.0 Å². The molecule has 0 bridgehead atoms.